The summed E-state index contributed by atoms with van der Waals surface area (Å²) in [6, 6.07) is 9.42. The van der Waals surface area contributed by atoms with Crippen LogP contribution in [0.2, 0.25) is 26.6 Å². The Morgan fingerprint density at radius 2 is 0.973 bits per heavy atom. The van der Waals surface area contributed by atoms with Crippen LogP contribution in [0.15, 0.2) is 36.8 Å². The fourth-order valence-electron chi connectivity index (χ4n) is 6.09. The fraction of sp³-hybridized carbons (Fsp3) is 0.765. The van der Waals surface area contributed by atoms with Crippen molar-refractivity contribution in [2.24, 2.45) is 0 Å². The third-order valence-electron chi connectivity index (χ3n) is 8.69. The Balaban J connectivity index is 3.66. The van der Waals surface area contributed by atoms with E-state index in [4.69, 9.17) is 0 Å². The van der Waals surface area contributed by atoms with Crippen molar-refractivity contribution >= 4 is 48.5 Å². The maximum absolute atomic E-state index is 3.26. The number of rotatable bonds is 23. The van der Waals surface area contributed by atoms with Crippen molar-refractivity contribution < 1.29 is 0 Å². The molecule has 0 bridgehead atoms. The van der Waals surface area contributed by atoms with E-state index in [2.05, 4.69) is 92.2 Å². The molecule has 0 aliphatic heterocycles. The van der Waals surface area contributed by atoms with E-state index in [0.717, 1.165) is 0 Å². The van der Waals surface area contributed by atoms with Gasteiger partial charge in [0.1, 0.15) is 0 Å². The summed E-state index contributed by atoms with van der Waals surface area (Å²) in [6.07, 6.45) is 17.2. The van der Waals surface area contributed by atoms with Crippen molar-refractivity contribution in [1.82, 2.24) is 0 Å². The molecule has 0 N–H and O–H groups in total. The molecule has 1 rings (SSSR count). The molecule has 0 fully saturated rings. The molecular weight excluding hydrogens is 678 g/mol. The van der Waals surface area contributed by atoms with Crippen LogP contribution in [0.3, 0.4) is 0 Å². The van der Waals surface area contributed by atoms with Gasteiger partial charge in [-0.3, -0.25) is 0 Å². The van der Waals surface area contributed by atoms with Gasteiger partial charge in [0.2, 0.25) is 0 Å². The van der Waals surface area contributed by atoms with Gasteiger partial charge in [0.15, 0.2) is 0 Å². The summed E-state index contributed by atoms with van der Waals surface area (Å²) in [6.45, 7) is 16.8. The van der Waals surface area contributed by atoms with E-state index in [0.29, 0.717) is 0 Å². The van der Waals surface area contributed by atoms with Gasteiger partial charge in [-0.15, -0.1) is 0 Å². The topological polar surface area (TPSA) is 0 Å². The first-order chi connectivity index (χ1) is 17.9. The van der Waals surface area contributed by atoms with Crippen LogP contribution in [0.25, 0.3) is 0 Å². The molecule has 37 heavy (non-hydrogen) atoms. The zero-order chi connectivity index (χ0) is 27.4. The maximum atomic E-state index is 3.26. The molecule has 0 amide bonds. The Kier molecular flexibility index (Phi) is 21.0. The normalized spacial score (nSPS) is 12.9. The van der Waals surface area contributed by atoms with Crippen LogP contribution in [0.1, 0.15) is 124 Å². The Hall–Kier alpha value is 0.907. The van der Waals surface area contributed by atoms with Gasteiger partial charge >= 0.3 is 249 Å². The number of benzene rings is 1. The van der Waals surface area contributed by atoms with E-state index < -0.39 is 36.8 Å². The molecule has 214 valence electrons. The standard InChI is InChI=1S/C10H10S.6C4H9.2Sn/c1-3-8-11-10-6-4-9(2)5-7-10;6*1-3-4-2;;/h1,4-7H,8H2,2H3;6*1,3-4H2,2H3;;. The second-order valence-corrected chi connectivity index (χ2v) is 39.4. The molecule has 0 saturated heterocycles. The minimum absolute atomic E-state index is 1.32. The molecule has 0 aromatic heterocycles. The van der Waals surface area contributed by atoms with Crippen molar-refractivity contribution in [2.75, 3.05) is 5.75 Å². The van der Waals surface area contributed by atoms with Gasteiger partial charge < -0.3 is 0 Å². The number of hydrogen-bond acceptors (Lipinski definition) is 1. The zero-order valence-corrected chi connectivity index (χ0v) is 32.8. The second-order valence-electron chi connectivity index (χ2n) is 12.0. The number of aryl methyl sites for hydroxylation is 1. The summed E-state index contributed by atoms with van der Waals surface area (Å²) in [5.41, 5.74) is 1.39. The fourth-order valence-corrected chi connectivity index (χ4v) is 51.9. The molecule has 0 nitrogen and oxygen atoms in total. The second kappa shape index (κ2) is 21.6. The minimum atomic E-state index is -2.47. The van der Waals surface area contributed by atoms with Crippen LogP contribution in [-0.2, 0) is 0 Å². The van der Waals surface area contributed by atoms with Gasteiger partial charge in [0.05, 0.1) is 0 Å². The van der Waals surface area contributed by atoms with Crippen molar-refractivity contribution in [3.8, 4) is 0 Å². The van der Waals surface area contributed by atoms with Crippen molar-refractivity contribution in [1.29, 1.82) is 0 Å². The molecular formula is C34H64SSn2. The predicted octanol–water partition coefficient (Wildman–Crippen LogP) is 12.8. The number of thioether (sulfide) groups is 1. The van der Waals surface area contributed by atoms with Crippen LogP contribution in [0, 0.1) is 6.92 Å². The molecule has 0 radical (unpaired) electrons. The summed E-state index contributed by atoms with van der Waals surface area (Å²) in [4.78, 5) is 1.50. The Labute approximate surface area is 246 Å². The molecule has 0 heterocycles. The molecule has 0 unspecified atom stereocenters. The van der Waals surface area contributed by atoms with Gasteiger partial charge in [-0.25, -0.2) is 0 Å². The van der Waals surface area contributed by atoms with Crippen LogP contribution >= 0.6 is 11.8 Å². The van der Waals surface area contributed by atoms with Crippen molar-refractivity contribution in [3.05, 3.63) is 37.5 Å². The van der Waals surface area contributed by atoms with Crippen LogP contribution in [0.4, 0.5) is 0 Å². The first kappa shape index (κ1) is 35.9. The van der Waals surface area contributed by atoms with E-state index in [1.807, 2.05) is 0 Å². The van der Waals surface area contributed by atoms with Gasteiger partial charge in [-0.05, 0) is 0 Å². The van der Waals surface area contributed by atoms with Crippen molar-refractivity contribution in [2.45, 2.75) is 157 Å². The third-order valence-corrected chi connectivity index (χ3v) is 43.2. The quantitative estimate of drug-likeness (QED) is 0.0795. The summed E-state index contributed by atoms with van der Waals surface area (Å²) in [5.74, 6) is 1.32. The first-order valence-electron chi connectivity index (χ1n) is 16.4. The molecule has 1 aromatic rings. The summed E-state index contributed by atoms with van der Waals surface area (Å²) in [7, 11) is 0. The average molecular weight is 742 g/mol. The van der Waals surface area contributed by atoms with Crippen LogP contribution < -0.4 is 0 Å². The van der Waals surface area contributed by atoms with Gasteiger partial charge in [0, 0.05) is 0 Å². The van der Waals surface area contributed by atoms with E-state index in [1.54, 1.807) is 26.6 Å². The van der Waals surface area contributed by atoms with E-state index >= 15 is 0 Å². The van der Waals surface area contributed by atoms with Gasteiger partial charge in [-0.1, -0.05) is 0 Å². The van der Waals surface area contributed by atoms with E-state index in [9.17, 15) is 0 Å². The predicted molar refractivity (Wildman–Crippen MR) is 180 cm³/mol. The summed E-state index contributed by atoms with van der Waals surface area (Å²) < 4.78 is 15.2. The molecule has 3 heteroatoms. The SMILES string of the molecule is CCC[CH2][Sn](/[CH]=[C](/CSc1ccc(C)cc1)[Sn]([CH2]CCC)([CH2]CCC)[CH2]CCC)([CH2]CCC)[CH2]CCC. The van der Waals surface area contributed by atoms with Crippen LogP contribution in [-0.4, -0.2) is 42.5 Å². The molecule has 0 aliphatic rings. The molecule has 0 saturated carbocycles. The van der Waals surface area contributed by atoms with Gasteiger partial charge in [-0.2, -0.15) is 0 Å². The molecule has 1 aromatic carbocycles. The van der Waals surface area contributed by atoms with Crippen LogP contribution in [0.5, 0.6) is 0 Å². The van der Waals surface area contributed by atoms with E-state index in [-0.39, 0.29) is 0 Å². The third kappa shape index (κ3) is 13.9. The van der Waals surface area contributed by atoms with Crippen molar-refractivity contribution in [3.63, 3.8) is 0 Å². The molecule has 0 atom stereocenters. The first-order valence-corrected chi connectivity index (χ1v) is 32.5. The summed E-state index contributed by atoms with van der Waals surface area (Å²) in [5, 5.41) is 0. The Morgan fingerprint density at radius 1 is 0.595 bits per heavy atom. The molecule has 0 spiro atoms. The van der Waals surface area contributed by atoms with Gasteiger partial charge in [0.25, 0.3) is 0 Å². The summed E-state index contributed by atoms with van der Waals surface area (Å²) >= 11 is -2.65. The average Bonchev–Trinajstić information content (AvgIpc) is 2.92. The van der Waals surface area contributed by atoms with E-state index in [1.165, 1.54) is 93.3 Å². The zero-order valence-electron chi connectivity index (χ0n) is 26.2. The Bertz CT molecular complexity index is 665. The Morgan fingerprint density at radius 3 is 1.35 bits per heavy atom. The number of hydrogen-bond donors (Lipinski definition) is 0. The monoisotopic (exact) mass is 744 g/mol. The number of unbranched alkanes of at least 4 members (excludes halogenated alkanes) is 6. The molecule has 0 aliphatic carbocycles.